The highest BCUT2D eigenvalue weighted by molar-refractivity contribution is 7.89. The summed E-state index contributed by atoms with van der Waals surface area (Å²) in [6.45, 7) is 7.29. The van der Waals surface area contributed by atoms with E-state index in [-0.39, 0.29) is 11.5 Å². The van der Waals surface area contributed by atoms with E-state index in [2.05, 4.69) is 0 Å². The van der Waals surface area contributed by atoms with Crippen molar-refractivity contribution in [3.63, 3.8) is 0 Å². The second-order valence-electron chi connectivity index (χ2n) is 6.55. The van der Waals surface area contributed by atoms with E-state index in [1.165, 1.54) is 6.07 Å². The standard InChI is InChI=1S/C15H22BNO5S/c1-14(2)15(3,4)22-16(21-14)12(10-18)9-11-7-5-6-8-13(11)23(17,19)20/h5-9,18H,10H2,1-4H3,(H2,17,19,20). The van der Waals surface area contributed by atoms with Crippen LogP contribution < -0.4 is 5.14 Å². The molecule has 1 aromatic rings. The third-order valence-corrected chi connectivity index (χ3v) is 5.29. The topological polar surface area (TPSA) is 98.9 Å². The Balaban J connectivity index is 2.43. The van der Waals surface area contributed by atoms with Crippen molar-refractivity contribution in [2.45, 2.75) is 43.8 Å². The fraction of sp³-hybridized carbons (Fsp3) is 0.467. The number of aliphatic hydroxyl groups excluding tert-OH is 1. The monoisotopic (exact) mass is 339 g/mol. The lowest BCUT2D eigenvalue weighted by Gasteiger charge is -2.32. The minimum absolute atomic E-state index is 0.0116. The molecule has 6 nitrogen and oxygen atoms in total. The first-order chi connectivity index (χ1) is 10.5. The third-order valence-electron chi connectivity index (χ3n) is 4.31. The molecule has 0 aromatic heterocycles. The number of aliphatic hydroxyl groups is 1. The lowest BCUT2D eigenvalue weighted by molar-refractivity contribution is 0.00578. The molecule has 8 heteroatoms. The Morgan fingerprint density at radius 3 is 2.22 bits per heavy atom. The van der Waals surface area contributed by atoms with Crippen LogP contribution in [0.5, 0.6) is 0 Å². The van der Waals surface area contributed by atoms with Gasteiger partial charge < -0.3 is 14.4 Å². The van der Waals surface area contributed by atoms with Gasteiger partial charge >= 0.3 is 7.12 Å². The highest BCUT2D eigenvalue weighted by Gasteiger charge is 2.52. The molecule has 0 amide bonds. The van der Waals surface area contributed by atoms with Gasteiger partial charge in [0.15, 0.2) is 0 Å². The van der Waals surface area contributed by atoms with Crippen LogP contribution in [0.25, 0.3) is 6.08 Å². The van der Waals surface area contributed by atoms with Crippen LogP contribution in [0.1, 0.15) is 33.3 Å². The zero-order valence-electron chi connectivity index (χ0n) is 13.7. The zero-order chi connectivity index (χ0) is 17.5. The molecule has 1 aliphatic rings. The molecule has 0 bridgehead atoms. The Kier molecular flexibility index (Phi) is 4.76. The van der Waals surface area contributed by atoms with Crippen molar-refractivity contribution in [3.05, 3.63) is 35.3 Å². The van der Waals surface area contributed by atoms with Gasteiger partial charge in [-0.15, -0.1) is 0 Å². The fourth-order valence-corrected chi connectivity index (χ4v) is 2.97. The predicted molar refractivity (Wildman–Crippen MR) is 89.0 cm³/mol. The molecule has 1 aliphatic heterocycles. The first-order valence-corrected chi connectivity index (χ1v) is 8.81. The van der Waals surface area contributed by atoms with Crippen LogP contribution in [0.4, 0.5) is 0 Å². The number of hydrogen-bond acceptors (Lipinski definition) is 5. The SMILES string of the molecule is CC1(C)OB(C(=Cc2ccccc2S(N)(=O)=O)CO)OC1(C)C. The van der Waals surface area contributed by atoms with Gasteiger partial charge in [-0.2, -0.15) is 0 Å². The minimum atomic E-state index is -3.86. The first-order valence-electron chi connectivity index (χ1n) is 7.27. The van der Waals surface area contributed by atoms with E-state index in [9.17, 15) is 13.5 Å². The normalized spacial score (nSPS) is 20.8. The van der Waals surface area contributed by atoms with Gasteiger partial charge in [-0.05, 0) is 44.8 Å². The van der Waals surface area contributed by atoms with E-state index >= 15 is 0 Å². The van der Waals surface area contributed by atoms with Crippen molar-refractivity contribution in [2.75, 3.05) is 6.61 Å². The number of rotatable bonds is 4. The minimum Gasteiger partial charge on any atom is -0.400 e. The average Bonchev–Trinajstić information content (AvgIpc) is 2.64. The maximum absolute atomic E-state index is 11.7. The summed E-state index contributed by atoms with van der Waals surface area (Å²) in [4.78, 5) is -0.0116. The van der Waals surface area contributed by atoms with Crippen LogP contribution in [0.2, 0.25) is 0 Å². The largest absolute Gasteiger partial charge is 0.492 e. The van der Waals surface area contributed by atoms with Crippen LogP contribution in [0.15, 0.2) is 34.6 Å². The highest BCUT2D eigenvalue weighted by atomic mass is 32.2. The van der Waals surface area contributed by atoms with E-state index in [0.29, 0.717) is 11.0 Å². The van der Waals surface area contributed by atoms with Crippen molar-refractivity contribution in [3.8, 4) is 0 Å². The van der Waals surface area contributed by atoms with Gasteiger partial charge in [0.25, 0.3) is 0 Å². The number of hydrogen-bond donors (Lipinski definition) is 2. The van der Waals surface area contributed by atoms with Crippen LogP contribution in [-0.4, -0.2) is 38.5 Å². The fourth-order valence-electron chi connectivity index (χ4n) is 2.24. The van der Waals surface area contributed by atoms with Gasteiger partial charge in [-0.3, -0.25) is 0 Å². The lowest BCUT2D eigenvalue weighted by atomic mass is 9.77. The van der Waals surface area contributed by atoms with E-state index in [1.807, 2.05) is 27.7 Å². The Bertz CT molecular complexity index is 711. The number of primary sulfonamides is 1. The molecule has 0 unspecified atom stereocenters. The van der Waals surface area contributed by atoms with Gasteiger partial charge in [0.05, 0.1) is 22.7 Å². The Hall–Kier alpha value is -1.19. The van der Waals surface area contributed by atoms with Crippen molar-refractivity contribution < 1.29 is 22.8 Å². The molecule has 1 fully saturated rings. The molecular weight excluding hydrogens is 317 g/mol. The quantitative estimate of drug-likeness (QED) is 0.807. The molecule has 126 valence electrons. The lowest BCUT2D eigenvalue weighted by Crippen LogP contribution is -2.41. The van der Waals surface area contributed by atoms with Crippen molar-refractivity contribution in [1.82, 2.24) is 0 Å². The maximum atomic E-state index is 11.7. The summed E-state index contributed by atoms with van der Waals surface area (Å²) in [7, 11) is -4.62. The number of benzene rings is 1. The van der Waals surface area contributed by atoms with E-state index in [0.717, 1.165) is 0 Å². The summed E-state index contributed by atoms with van der Waals surface area (Å²) in [6, 6.07) is 6.31. The average molecular weight is 339 g/mol. The third kappa shape index (κ3) is 3.67. The molecule has 1 heterocycles. The van der Waals surface area contributed by atoms with E-state index in [4.69, 9.17) is 14.4 Å². The Labute approximate surface area is 137 Å². The molecule has 3 N–H and O–H groups in total. The summed E-state index contributed by atoms with van der Waals surface area (Å²) >= 11 is 0. The Morgan fingerprint density at radius 2 is 1.74 bits per heavy atom. The second-order valence-corrected chi connectivity index (χ2v) is 8.08. The maximum Gasteiger partial charge on any atom is 0.492 e. The van der Waals surface area contributed by atoms with Crippen LogP contribution in [-0.2, 0) is 19.3 Å². The molecule has 2 rings (SSSR count). The van der Waals surface area contributed by atoms with Gasteiger partial charge in [-0.25, -0.2) is 13.6 Å². The van der Waals surface area contributed by atoms with Crippen molar-refractivity contribution in [1.29, 1.82) is 0 Å². The van der Waals surface area contributed by atoms with Gasteiger partial charge in [-0.1, -0.05) is 24.3 Å². The van der Waals surface area contributed by atoms with Crippen molar-refractivity contribution in [2.24, 2.45) is 5.14 Å². The summed E-state index contributed by atoms with van der Waals surface area (Å²) in [5, 5.41) is 14.9. The predicted octanol–water partition coefficient (Wildman–Crippen LogP) is 1.34. The number of nitrogens with two attached hydrogens (primary N) is 1. The molecule has 1 saturated heterocycles. The van der Waals surface area contributed by atoms with Crippen molar-refractivity contribution >= 4 is 23.2 Å². The zero-order valence-corrected chi connectivity index (χ0v) is 14.6. The first kappa shape index (κ1) is 18.2. The Morgan fingerprint density at radius 1 is 1.22 bits per heavy atom. The van der Waals surface area contributed by atoms with Crippen LogP contribution in [0, 0.1) is 0 Å². The molecule has 0 saturated carbocycles. The molecule has 0 spiro atoms. The summed E-state index contributed by atoms with van der Waals surface area (Å²) < 4.78 is 35.1. The van der Waals surface area contributed by atoms with Gasteiger partial charge in [0.2, 0.25) is 10.0 Å². The molecule has 1 aromatic carbocycles. The van der Waals surface area contributed by atoms with Crippen LogP contribution in [0.3, 0.4) is 0 Å². The summed E-state index contributed by atoms with van der Waals surface area (Å²) in [6.07, 6.45) is 1.54. The van der Waals surface area contributed by atoms with E-state index in [1.54, 1.807) is 24.3 Å². The molecule has 0 atom stereocenters. The van der Waals surface area contributed by atoms with Gasteiger partial charge in [0, 0.05) is 0 Å². The van der Waals surface area contributed by atoms with Crippen LogP contribution >= 0.6 is 0 Å². The molecule has 0 aliphatic carbocycles. The number of sulfonamides is 1. The molecule has 23 heavy (non-hydrogen) atoms. The smallest absolute Gasteiger partial charge is 0.400 e. The highest BCUT2D eigenvalue weighted by Crippen LogP contribution is 2.38. The summed E-state index contributed by atoms with van der Waals surface area (Å²) in [5.74, 6) is 0. The van der Waals surface area contributed by atoms with Gasteiger partial charge in [0.1, 0.15) is 0 Å². The molecular formula is C15H22BNO5S. The summed E-state index contributed by atoms with van der Waals surface area (Å²) in [5.41, 5.74) is -0.287. The van der Waals surface area contributed by atoms with E-state index < -0.39 is 28.3 Å². The molecule has 0 radical (unpaired) electrons. The second kappa shape index (κ2) is 6.03.